The van der Waals surface area contributed by atoms with Crippen molar-refractivity contribution in [2.24, 2.45) is 5.92 Å². The molecule has 2 heteroatoms. The molecule has 2 aliphatic heterocycles. The van der Waals surface area contributed by atoms with E-state index in [1.165, 1.54) is 27.8 Å². The first-order chi connectivity index (χ1) is 12.7. The smallest absolute Gasteiger partial charge is 0.131 e. The maximum absolute atomic E-state index is 6.49. The van der Waals surface area contributed by atoms with Crippen molar-refractivity contribution in [3.8, 4) is 11.5 Å². The molecule has 5 rings (SSSR count). The lowest BCUT2D eigenvalue weighted by Gasteiger charge is -2.43. The molecular formula is C24H22O2. The van der Waals surface area contributed by atoms with Crippen LogP contribution in [-0.4, -0.2) is 6.61 Å². The van der Waals surface area contributed by atoms with E-state index in [2.05, 4.69) is 80.6 Å². The zero-order chi connectivity index (χ0) is 17.7. The van der Waals surface area contributed by atoms with Crippen LogP contribution in [0.25, 0.3) is 0 Å². The molecule has 0 saturated heterocycles. The third kappa shape index (κ3) is 2.33. The summed E-state index contributed by atoms with van der Waals surface area (Å²) >= 11 is 0. The second-order valence-electron chi connectivity index (χ2n) is 7.43. The molecule has 0 fully saturated rings. The molecule has 26 heavy (non-hydrogen) atoms. The van der Waals surface area contributed by atoms with Gasteiger partial charge in [0.1, 0.15) is 17.6 Å². The molecule has 0 aliphatic carbocycles. The summed E-state index contributed by atoms with van der Waals surface area (Å²) in [6.07, 6.45) is 0.00459. The van der Waals surface area contributed by atoms with E-state index < -0.39 is 0 Å². The number of para-hydroxylation sites is 1. The predicted molar refractivity (Wildman–Crippen MR) is 103 cm³/mol. The van der Waals surface area contributed by atoms with Crippen molar-refractivity contribution in [2.45, 2.75) is 25.9 Å². The van der Waals surface area contributed by atoms with Crippen LogP contribution in [0.15, 0.2) is 66.7 Å². The molecule has 0 aromatic heterocycles. The van der Waals surface area contributed by atoms with Crippen LogP contribution in [0.1, 0.15) is 39.8 Å². The second-order valence-corrected chi connectivity index (χ2v) is 7.43. The molecule has 0 saturated carbocycles. The monoisotopic (exact) mass is 342 g/mol. The van der Waals surface area contributed by atoms with Crippen LogP contribution in [0.4, 0.5) is 0 Å². The Balaban J connectivity index is 1.72. The van der Waals surface area contributed by atoms with E-state index in [1.807, 2.05) is 0 Å². The van der Waals surface area contributed by atoms with E-state index in [1.54, 1.807) is 0 Å². The van der Waals surface area contributed by atoms with Crippen molar-refractivity contribution in [1.82, 2.24) is 0 Å². The standard InChI is InChI=1S/C24H22O2/c1-15-12-16(2)22-21(13-15)25-14-19-23(22)18-10-6-7-11-20(18)26-24(19)17-8-4-3-5-9-17/h3-13,19,23-24H,14H2,1-2H3/t19-,23-,24+/m1/s1. The molecule has 3 aromatic carbocycles. The highest BCUT2D eigenvalue weighted by molar-refractivity contribution is 5.55. The predicted octanol–water partition coefficient (Wildman–Crippen LogP) is 5.58. The largest absolute Gasteiger partial charge is 0.493 e. The number of aryl methyl sites for hydroxylation is 2. The number of fused-ring (bicyclic) bond motifs is 5. The van der Waals surface area contributed by atoms with E-state index >= 15 is 0 Å². The van der Waals surface area contributed by atoms with Crippen LogP contribution < -0.4 is 9.47 Å². The van der Waals surface area contributed by atoms with Gasteiger partial charge in [0.15, 0.2) is 0 Å². The first-order valence-electron chi connectivity index (χ1n) is 9.27. The van der Waals surface area contributed by atoms with Crippen molar-refractivity contribution < 1.29 is 9.47 Å². The highest BCUT2D eigenvalue weighted by Gasteiger charge is 2.44. The van der Waals surface area contributed by atoms with Crippen molar-refractivity contribution in [1.29, 1.82) is 0 Å². The maximum Gasteiger partial charge on any atom is 0.131 e. The summed E-state index contributed by atoms with van der Waals surface area (Å²) < 4.78 is 12.7. The minimum Gasteiger partial charge on any atom is -0.493 e. The van der Waals surface area contributed by atoms with Crippen LogP contribution in [0.5, 0.6) is 11.5 Å². The molecular weight excluding hydrogens is 320 g/mol. The molecule has 2 aliphatic rings. The Morgan fingerprint density at radius 2 is 1.62 bits per heavy atom. The SMILES string of the molecule is Cc1cc(C)c2c(c1)OC[C@@H]1[C@H]2c2ccccc2O[C@H]1c1ccccc1. The number of benzene rings is 3. The van der Waals surface area contributed by atoms with E-state index in [9.17, 15) is 0 Å². The lowest BCUT2D eigenvalue weighted by Crippen LogP contribution is -2.37. The van der Waals surface area contributed by atoms with E-state index in [4.69, 9.17) is 9.47 Å². The minimum absolute atomic E-state index is 0.00459. The fourth-order valence-corrected chi connectivity index (χ4v) is 4.63. The number of rotatable bonds is 1. The van der Waals surface area contributed by atoms with Gasteiger partial charge in [-0.25, -0.2) is 0 Å². The summed E-state index contributed by atoms with van der Waals surface area (Å²) in [5.74, 6) is 2.60. The van der Waals surface area contributed by atoms with Crippen molar-refractivity contribution >= 4 is 0 Å². The van der Waals surface area contributed by atoms with Gasteiger partial charge in [-0.1, -0.05) is 54.6 Å². The molecule has 130 valence electrons. The maximum atomic E-state index is 6.49. The fourth-order valence-electron chi connectivity index (χ4n) is 4.63. The topological polar surface area (TPSA) is 18.5 Å². The first kappa shape index (κ1) is 15.5. The Morgan fingerprint density at radius 3 is 2.46 bits per heavy atom. The lowest BCUT2D eigenvalue weighted by atomic mass is 9.72. The Morgan fingerprint density at radius 1 is 0.846 bits per heavy atom. The van der Waals surface area contributed by atoms with E-state index in [-0.39, 0.29) is 12.0 Å². The Labute approximate surface area is 154 Å². The Kier molecular flexibility index (Phi) is 3.53. The molecule has 2 nitrogen and oxygen atoms in total. The quantitative estimate of drug-likeness (QED) is 0.575. The summed E-state index contributed by atoms with van der Waals surface area (Å²) in [4.78, 5) is 0. The zero-order valence-corrected chi connectivity index (χ0v) is 15.1. The van der Waals surface area contributed by atoms with E-state index in [0.29, 0.717) is 12.5 Å². The molecule has 0 radical (unpaired) electrons. The van der Waals surface area contributed by atoms with Crippen LogP contribution >= 0.6 is 0 Å². The Bertz CT molecular complexity index is 961. The van der Waals surface area contributed by atoms with Gasteiger partial charge in [0, 0.05) is 23.0 Å². The van der Waals surface area contributed by atoms with Gasteiger partial charge in [-0.3, -0.25) is 0 Å². The highest BCUT2D eigenvalue weighted by Crippen LogP contribution is 2.54. The summed E-state index contributed by atoms with van der Waals surface area (Å²) in [5.41, 5.74) is 6.37. The molecule has 3 aromatic rings. The van der Waals surface area contributed by atoms with Crippen molar-refractivity contribution in [2.75, 3.05) is 6.61 Å². The Hall–Kier alpha value is -2.74. The molecule has 0 unspecified atom stereocenters. The van der Waals surface area contributed by atoms with Crippen molar-refractivity contribution in [3.63, 3.8) is 0 Å². The highest BCUT2D eigenvalue weighted by atomic mass is 16.5. The molecule has 0 spiro atoms. The van der Waals surface area contributed by atoms with Gasteiger partial charge >= 0.3 is 0 Å². The summed E-state index contributed by atoms with van der Waals surface area (Å²) in [6.45, 7) is 5.01. The molecule has 3 atom stereocenters. The van der Waals surface area contributed by atoms with Crippen LogP contribution in [0.3, 0.4) is 0 Å². The second kappa shape index (κ2) is 5.91. The number of hydrogen-bond acceptors (Lipinski definition) is 2. The van der Waals surface area contributed by atoms with Gasteiger partial charge in [-0.2, -0.15) is 0 Å². The van der Waals surface area contributed by atoms with Gasteiger partial charge in [0.05, 0.1) is 6.61 Å². The van der Waals surface area contributed by atoms with Crippen LogP contribution in [-0.2, 0) is 0 Å². The third-order valence-electron chi connectivity index (χ3n) is 5.69. The normalized spacial score (nSPS) is 23.1. The fraction of sp³-hybridized carbons (Fsp3) is 0.250. The average molecular weight is 342 g/mol. The number of ether oxygens (including phenoxy) is 2. The molecule has 0 amide bonds. The average Bonchev–Trinajstić information content (AvgIpc) is 2.67. The molecule has 0 bridgehead atoms. The zero-order valence-electron chi connectivity index (χ0n) is 15.1. The molecule has 0 N–H and O–H groups in total. The summed E-state index contributed by atoms with van der Waals surface area (Å²) in [6, 6.07) is 23.5. The van der Waals surface area contributed by atoms with Gasteiger partial charge in [0.2, 0.25) is 0 Å². The first-order valence-corrected chi connectivity index (χ1v) is 9.27. The van der Waals surface area contributed by atoms with Gasteiger partial charge < -0.3 is 9.47 Å². The summed E-state index contributed by atoms with van der Waals surface area (Å²) in [5, 5.41) is 0. The summed E-state index contributed by atoms with van der Waals surface area (Å²) in [7, 11) is 0. The van der Waals surface area contributed by atoms with Crippen molar-refractivity contribution in [3.05, 3.63) is 94.5 Å². The van der Waals surface area contributed by atoms with Gasteiger partial charge in [0.25, 0.3) is 0 Å². The molecule has 2 heterocycles. The number of hydrogen-bond donors (Lipinski definition) is 0. The van der Waals surface area contributed by atoms with Crippen LogP contribution in [0.2, 0.25) is 0 Å². The van der Waals surface area contributed by atoms with Gasteiger partial charge in [-0.15, -0.1) is 0 Å². The van der Waals surface area contributed by atoms with Crippen LogP contribution in [0, 0.1) is 19.8 Å². The van der Waals surface area contributed by atoms with Gasteiger partial charge in [-0.05, 0) is 42.7 Å². The van der Waals surface area contributed by atoms with E-state index in [0.717, 1.165) is 11.5 Å². The minimum atomic E-state index is 0.00459. The lowest BCUT2D eigenvalue weighted by molar-refractivity contribution is 0.0529. The third-order valence-corrected chi connectivity index (χ3v) is 5.69.